The van der Waals surface area contributed by atoms with E-state index in [0.29, 0.717) is 0 Å². The van der Waals surface area contributed by atoms with Gasteiger partial charge >= 0.3 is 0 Å². The number of nitrogens with two attached hydrogens (primary N) is 2. The van der Waals surface area contributed by atoms with Crippen molar-refractivity contribution >= 4 is 11.4 Å². The van der Waals surface area contributed by atoms with Crippen LogP contribution < -0.4 is 11.5 Å². The first-order chi connectivity index (χ1) is 7.75. The van der Waals surface area contributed by atoms with Crippen LogP contribution in [0.3, 0.4) is 0 Å². The lowest BCUT2D eigenvalue weighted by Gasteiger charge is -2.26. The highest BCUT2D eigenvalue weighted by molar-refractivity contribution is 5.56. The number of likely N-dealkylation sites (tertiary alicyclic amines) is 1. The summed E-state index contributed by atoms with van der Waals surface area (Å²) in [4.78, 5) is 2.53. The number of hydrogen-bond donors (Lipinski definition) is 2. The van der Waals surface area contributed by atoms with Gasteiger partial charge in [-0.3, -0.25) is 0 Å². The van der Waals surface area contributed by atoms with Crippen LogP contribution in [0.1, 0.15) is 24.8 Å². The Hall–Kier alpha value is -1.22. The summed E-state index contributed by atoms with van der Waals surface area (Å²) in [6, 6.07) is 5.84. The van der Waals surface area contributed by atoms with E-state index >= 15 is 0 Å². The van der Waals surface area contributed by atoms with Crippen LogP contribution in [-0.4, -0.2) is 24.5 Å². The summed E-state index contributed by atoms with van der Waals surface area (Å²) in [6.45, 7) is 3.61. The standard InChI is InChI=1S/C13H21N3/c14-12-5-4-11(13(15)10-12)6-9-16-7-2-1-3-8-16/h4-5,10H,1-3,6-9,14-15H2. The molecule has 1 heterocycles. The van der Waals surface area contributed by atoms with Crippen LogP contribution in [0, 0.1) is 0 Å². The lowest BCUT2D eigenvalue weighted by molar-refractivity contribution is 0.231. The molecule has 88 valence electrons. The highest BCUT2D eigenvalue weighted by atomic mass is 15.1. The van der Waals surface area contributed by atoms with Gasteiger partial charge in [0.2, 0.25) is 0 Å². The Balaban J connectivity index is 1.88. The molecule has 16 heavy (non-hydrogen) atoms. The first-order valence-corrected chi connectivity index (χ1v) is 6.12. The molecular formula is C13H21N3. The van der Waals surface area contributed by atoms with Crippen molar-refractivity contribution in [3.05, 3.63) is 23.8 Å². The lowest BCUT2D eigenvalue weighted by atomic mass is 10.1. The van der Waals surface area contributed by atoms with E-state index in [9.17, 15) is 0 Å². The molecule has 1 aromatic carbocycles. The molecule has 0 radical (unpaired) electrons. The van der Waals surface area contributed by atoms with Crippen LogP contribution in [0.5, 0.6) is 0 Å². The third kappa shape index (κ3) is 2.89. The maximum atomic E-state index is 5.94. The van der Waals surface area contributed by atoms with Crippen molar-refractivity contribution in [2.24, 2.45) is 0 Å². The van der Waals surface area contributed by atoms with Crippen LogP contribution in [-0.2, 0) is 6.42 Å². The maximum absolute atomic E-state index is 5.94. The summed E-state index contributed by atoms with van der Waals surface area (Å²) >= 11 is 0. The maximum Gasteiger partial charge on any atom is 0.0367 e. The van der Waals surface area contributed by atoms with Crippen molar-refractivity contribution in [2.75, 3.05) is 31.1 Å². The predicted molar refractivity (Wildman–Crippen MR) is 69.3 cm³/mol. The molecule has 1 fully saturated rings. The van der Waals surface area contributed by atoms with Gasteiger partial charge in [-0.1, -0.05) is 12.5 Å². The van der Waals surface area contributed by atoms with Crippen molar-refractivity contribution in [3.63, 3.8) is 0 Å². The van der Waals surface area contributed by atoms with E-state index in [0.717, 1.165) is 24.3 Å². The van der Waals surface area contributed by atoms with Gasteiger partial charge in [0.25, 0.3) is 0 Å². The Kier molecular flexibility index (Phi) is 3.67. The second kappa shape index (κ2) is 5.21. The largest absolute Gasteiger partial charge is 0.399 e. The molecule has 0 amide bonds. The molecule has 2 rings (SSSR count). The first-order valence-electron chi connectivity index (χ1n) is 6.12. The molecule has 0 aromatic heterocycles. The van der Waals surface area contributed by atoms with E-state index in [1.165, 1.54) is 37.9 Å². The Bertz CT molecular complexity index is 343. The molecule has 1 saturated heterocycles. The van der Waals surface area contributed by atoms with E-state index in [-0.39, 0.29) is 0 Å². The van der Waals surface area contributed by atoms with Crippen LogP contribution in [0.2, 0.25) is 0 Å². The van der Waals surface area contributed by atoms with Crippen molar-refractivity contribution in [1.82, 2.24) is 4.90 Å². The fourth-order valence-electron chi connectivity index (χ4n) is 2.30. The van der Waals surface area contributed by atoms with E-state index in [1.807, 2.05) is 12.1 Å². The van der Waals surface area contributed by atoms with Gasteiger partial charge in [0, 0.05) is 17.9 Å². The van der Waals surface area contributed by atoms with Crippen molar-refractivity contribution in [3.8, 4) is 0 Å². The molecule has 1 aromatic rings. The number of anilines is 2. The zero-order valence-corrected chi connectivity index (χ0v) is 9.78. The predicted octanol–water partition coefficient (Wildman–Crippen LogP) is 1.88. The summed E-state index contributed by atoms with van der Waals surface area (Å²) in [5.74, 6) is 0. The SMILES string of the molecule is Nc1ccc(CCN2CCCCC2)c(N)c1. The monoisotopic (exact) mass is 219 g/mol. The van der Waals surface area contributed by atoms with Crippen LogP contribution in [0.25, 0.3) is 0 Å². The molecule has 0 saturated carbocycles. The van der Waals surface area contributed by atoms with Gasteiger partial charge in [-0.2, -0.15) is 0 Å². The number of benzene rings is 1. The van der Waals surface area contributed by atoms with E-state index < -0.39 is 0 Å². The van der Waals surface area contributed by atoms with Crippen LogP contribution in [0.15, 0.2) is 18.2 Å². The van der Waals surface area contributed by atoms with Gasteiger partial charge in [0.15, 0.2) is 0 Å². The van der Waals surface area contributed by atoms with Crippen LogP contribution >= 0.6 is 0 Å². The lowest BCUT2D eigenvalue weighted by Crippen LogP contribution is -2.31. The van der Waals surface area contributed by atoms with Gasteiger partial charge in [-0.25, -0.2) is 0 Å². The fraction of sp³-hybridized carbons (Fsp3) is 0.538. The molecule has 0 atom stereocenters. The summed E-state index contributed by atoms with van der Waals surface area (Å²) in [5, 5.41) is 0. The van der Waals surface area contributed by atoms with Gasteiger partial charge in [0.1, 0.15) is 0 Å². The average Bonchev–Trinajstić information content (AvgIpc) is 2.29. The summed E-state index contributed by atoms with van der Waals surface area (Å²) < 4.78 is 0. The van der Waals surface area contributed by atoms with Crippen molar-refractivity contribution < 1.29 is 0 Å². The number of nitrogen functional groups attached to an aromatic ring is 2. The molecule has 3 heteroatoms. The van der Waals surface area contributed by atoms with Gasteiger partial charge in [-0.15, -0.1) is 0 Å². The molecular weight excluding hydrogens is 198 g/mol. The minimum Gasteiger partial charge on any atom is -0.399 e. The average molecular weight is 219 g/mol. The third-order valence-corrected chi connectivity index (χ3v) is 3.32. The first kappa shape index (κ1) is 11.3. The van der Waals surface area contributed by atoms with E-state index in [2.05, 4.69) is 11.0 Å². The number of rotatable bonds is 3. The highest BCUT2D eigenvalue weighted by Crippen LogP contribution is 2.17. The molecule has 4 N–H and O–H groups in total. The topological polar surface area (TPSA) is 55.3 Å². The van der Waals surface area contributed by atoms with Crippen molar-refractivity contribution in [1.29, 1.82) is 0 Å². The van der Waals surface area contributed by atoms with Gasteiger partial charge < -0.3 is 16.4 Å². The van der Waals surface area contributed by atoms with Gasteiger partial charge in [-0.05, 0) is 50.0 Å². The highest BCUT2D eigenvalue weighted by Gasteiger charge is 2.10. The third-order valence-electron chi connectivity index (χ3n) is 3.32. The Labute approximate surface area is 97.4 Å². The molecule has 0 spiro atoms. The summed E-state index contributed by atoms with van der Waals surface area (Å²) in [7, 11) is 0. The second-order valence-corrected chi connectivity index (χ2v) is 4.61. The molecule has 1 aliphatic heterocycles. The Morgan fingerprint density at radius 3 is 2.50 bits per heavy atom. The molecule has 0 bridgehead atoms. The number of hydrogen-bond acceptors (Lipinski definition) is 3. The van der Waals surface area contributed by atoms with Crippen molar-refractivity contribution in [2.45, 2.75) is 25.7 Å². The molecule has 1 aliphatic rings. The number of piperidine rings is 1. The minimum absolute atomic E-state index is 0.749. The number of nitrogens with zero attached hydrogens (tertiary/aromatic N) is 1. The van der Waals surface area contributed by atoms with Gasteiger partial charge in [0.05, 0.1) is 0 Å². The quantitative estimate of drug-likeness (QED) is 0.763. The minimum atomic E-state index is 0.749. The fourth-order valence-corrected chi connectivity index (χ4v) is 2.30. The summed E-state index contributed by atoms with van der Waals surface area (Å²) in [5.41, 5.74) is 14.4. The smallest absolute Gasteiger partial charge is 0.0367 e. The van der Waals surface area contributed by atoms with Crippen LogP contribution in [0.4, 0.5) is 11.4 Å². The molecule has 3 nitrogen and oxygen atoms in total. The zero-order valence-electron chi connectivity index (χ0n) is 9.78. The Morgan fingerprint density at radius 1 is 1.06 bits per heavy atom. The second-order valence-electron chi connectivity index (χ2n) is 4.61. The molecule has 0 aliphatic carbocycles. The molecule has 0 unspecified atom stereocenters. The zero-order chi connectivity index (χ0) is 11.4. The Morgan fingerprint density at radius 2 is 1.81 bits per heavy atom. The normalized spacial score (nSPS) is 17.5. The van der Waals surface area contributed by atoms with E-state index in [4.69, 9.17) is 11.5 Å². The summed E-state index contributed by atoms with van der Waals surface area (Å²) in [6.07, 6.45) is 5.11. The van der Waals surface area contributed by atoms with E-state index in [1.54, 1.807) is 0 Å².